The standard InChI is InChI=1S/C17H23ClN2O/c1-2-10-20(13-15-4-3-5-16(18)11-15)17(21)12-14-6-8-19-9-7-14/h3-6,11,19H,2,7-10,12-13H2,1H3. The number of carbonyl (C=O) groups is 1. The van der Waals surface area contributed by atoms with Gasteiger partial charge in [-0.05, 0) is 37.1 Å². The summed E-state index contributed by atoms with van der Waals surface area (Å²) in [7, 11) is 0. The van der Waals surface area contributed by atoms with Crippen LogP contribution in [-0.2, 0) is 11.3 Å². The van der Waals surface area contributed by atoms with Crippen LogP contribution >= 0.6 is 11.6 Å². The van der Waals surface area contributed by atoms with Crippen LogP contribution in [0.25, 0.3) is 0 Å². The lowest BCUT2D eigenvalue weighted by atomic mass is 10.0. The summed E-state index contributed by atoms with van der Waals surface area (Å²) in [5.41, 5.74) is 2.34. The lowest BCUT2D eigenvalue weighted by Gasteiger charge is -2.24. The molecule has 2 rings (SSSR count). The number of hydrogen-bond donors (Lipinski definition) is 1. The molecular weight excluding hydrogens is 284 g/mol. The van der Waals surface area contributed by atoms with Crippen LogP contribution in [0, 0.1) is 0 Å². The summed E-state index contributed by atoms with van der Waals surface area (Å²) in [5.74, 6) is 0.213. The number of amides is 1. The highest BCUT2D eigenvalue weighted by Crippen LogP contribution is 2.16. The van der Waals surface area contributed by atoms with Gasteiger partial charge >= 0.3 is 0 Å². The number of nitrogens with zero attached hydrogens (tertiary/aromatic N) is 1. The van der Waals surface area contributed by atoms with Crippen molar-refractivity contribution in [3.63, 3.8) is 0 Å². The molecule has 0 unspecified atom stereocenters. The van der Waals surface area contributed by atoms with Crippen LogP contribution in [0.2, 0.25) is 5.02 Å². The first-order valence-corrected chi connectivity index (χ1v) is 7.97. The van der Waals surface area contributed by atoms with E-state index in [0.717, 1.165) is 43.1 Å². The quantitative estimate of drug-likeness (QED) is 0.817. The van der Waals surface area contributed by atoms with E-state index < -0.39 is 0 Å². The van der Waals surface area contributed by atoms with Crippen LogP contribution in [0.1, 0.15) is 31.7 Å². The highest BCUT2D eigenvalue weighted by Gasteiger charge is 2.16. The number of rotatable bonds is 6. The van der Waals surface area contributed by atoms with Gasteiger partial charge in [0.05, 0.1) is 0 Å². The first-order valence-electron chi connectivity index (χ1n) is 7.60. The van der Waals surface area contributed by atoms with Crippen molar-refractivity contribution in [2.75, 3.05) is 19.6 Å². The lowest BCUT2D eigenvalue weighted by molar-refractivity contribution is -0.131. The van der Waals surface area contributed by atoms with E-state index in [2.05, 4.69) is 18.3 Å². The van der Waals surface area contributed by atoms with E-state index in [0.29, 0.717) is 13.0 Å². The number of nitrogens with one attached hydrogen (secondary N) is 1. The summed E-state index contributed by atoms with van der Waals surface area (Å²) in [6.07, 6.45) is 4.63. The van der Waals surface area contributed by atoms with Gasteiger partial charge in [-0.25, -0.2) is 0 Å². The zero-order chi connectivity index (χ0) is 15.1. The van der Waals surface area contributed by atoms with Crippen molar-refractivity contribution in [1.82, 2.24) is 10.2 Å². The minimum absolute atomic E-state index is 0.213. The Hall–Kier alpha value is -1.32. The van der Waals surface area contributed by atoms with Crippen molar-refractivity contribution >= 4 is 17.5 Å². The maximum Gasteiger partial charge on any atom is 0.226 e. The summed E-state index contributed by atoms with van der Waals surface area (Å²) < 4.78 is 0. The van der Waals surface area contributed by atoms with E-state index in [4.69, 9.17) is 11.6 Å². The molecule has 0 fully saturated rings. The third kappa shape index (κ3) is 5.18. The smallest absolute Gasteiger partial charge is 0.226 e. The van der Waals surface area contributed by atoms with E-state index in [9.17, 15) is 4.79 Å². The summed E-state index contributed by atoms with van der Waals surface area (Å²) >= 11 is 6.02. The molecule has 0 spiro atoms. The van der Waals surface area contributed by atoms with Gasteiger partial charge in [0.2, 0.25) is 5.91 Å². The molecule has 1 N–H and O–H groups in total. The van der Waals surface area contributed by atoms with E-state index >= 15 is 0 Å². The topological polar surface area (TPSA) is 32.3 Å². The Labute approximate surface area is 132 Å². The molecule has 1 aromatic rings. The van der Waals surface area contributed by atoms with Crippen molar-refractivity contribution < 1.29 is 4.79 Å². The maximum absolute atomic E-state index is 12.5. The average molecular weight is 307 g/mol. The molecular formula is C17H23ClN2O. The third-order valence-corrected chi connectivity index (χ3v) is 3.88. The summed E-state index contributed by atoms with van der Waals surface area (Å²) in [5, 5.41) is 3.99. The normalized spacial score (nSPS) is 14.7. The van der Waals surface area contributed by atoms with Gasteiger partial charge in [0.1, 0.15) is 0 Å². The molecule has 0 aliphatic carbocycles. The van der Waals surface area contributed by atoms with Gasteiger partial charge in [-0.15, -0.1) is 0 Å². The molecule has 1 heterocycles. The second kappa shape index (κ2) is 8.20. The van der Waals surface area contributed by atoms with Crippen molar-refractivity contribution in [3.8, 4) is 0 Å². The Bertz CT molecular complexity index is 513. The van der Waals surface area contributed by atoms with E-state index in [1.807, 2.05) is 29.2 Å². The van der Waals surface area contributed by atoms with Crippen LogP contribution in [0.3, 0.4) is 0 Å². The summed E-state index contributed by atoms with van der Waals surface area (Å²) in [6.45, 7) is 5.38. The van der Waals surface area contributed by atoms with Gasteiger partial charge in [-0.3, -0.25) is 4.79 Å². The molecule has 0 bridgehead atoms. The van der Waals surface area contributed by atoms with E-state index in [1.54, 1.807) is 0 Å². The third-order valence-electron chi connectivity index (χ3n) is 3.64. The fraction of sp³-hybridized carbons (Fsp3) is 0.471. The minimum Gasteiger partial charge on any atom is -0.338 e. The van der Waals surface area contributed by atoms with Crippen molar-refractivity contribution in [1.29, 1.82) is 0 Å². The molecule has 1 aliphatic heterocycles. The Balaban J connectivity index is 2.00. The lowest BCUT2D eigenvalue weighted by Crippen LogP contribution is -2.32. The molecule has 1 amide bonds. The Kier molecular flexibility index (Phi) is 6.27. The number of carbonyl (C=O) groups excluding carboxylic acids is 1. The molecule has 0 aromatic heterocycles. The van der Waals surface area contributed by atoms with Crippen LogP contribution < -0.4 is 5.32 Å². The number of benzene rings is 1. The first kappa shape index (κ1) is 16.1. The van der Waals surface area contributed by atoms with Crippen LogP contribution in [0.4, 0.5) is 0 Å². The first-order chi connectivity index (χ1) is 10.2. The van der Waals surface area contributed by atoms with Crippen molar-refractivity contribution in [3.05, 3.63) is 46.5 Å². The molecule has 1 aromatic carbocycles. The molecule has 1 aliphatic rings. The zero-order valence-electron chi connectivity index (χ0n) is 12.6. The van der Waals surface area contributed by atoms with Crippen LogP contribution in [-0.4, -0.2) is 30.4 Å². The van der Waals surface area contributed by atoms with Crippen LogP contribution in [0.5, 0.6) is 0 Å². The Morgan fingerprint density at radius 2 is 2.29 bits per heavy atom. The molecule has 0 saturated heterocycles. The summed E-state index contributed by atoms with van der Waals surface area (Å²) in [6, 6.07) is 7.74. The largest absolute Gasteiger partial charge is 0.338 e. The molecule has 4 heteroatoms. The maximum atomic E-state index is 12.5. The second-order valence-corrected chi connectivity index (χ2v) is 5.87. The van der Waals surface area contributed by atoms with Crippen molar-refractivity contribution in [2.45, 2.75) is 32.7 Å². The zero-order valence-corrected chi connectivity index (χ0v) is 13.3. The van der Waals surface area contributed by atoms with Gasteiger partial charge in [0, 0.05) is 31.1 Å². The predicted octanol–water partition coefficient (Wildman–Crippen LogP) is 3.39. The highest BCUT2D eigenvalue weighted by molar-refractivity contribution is 6.30. The minimum atomic E-state index is 0.213. The monoisotopic (exact) mass is 306 g/mol. The molecule has 0 atom stereocenters. The fourth-order valence-electron chi connectivity index (χ4n) is 2.55. The van der Waals surface area contributed by atoms with Gasteiger partial charge in [0.15, 0.2) is 0 Å². The number of hydrogen-bond acceptors (Lipinski definition) is 2. The molecule has 3 nitrogen and oxygen atoms in total. The fourth-order valence-corrected chi connectivity index (χ4v) is 2.77. The highest BCUT2D eigenvalue weighted by atomic mass is 35.5. The predicted molar refractivity (Wildman–Crippen MR) is 87.3 cm³/mol. The molecule has 0 saturated carbocycles. The van der Waals surface area contributed by atoms with Gasteiger partial charge in [-0.2, -0.15) is 0 Å². The van der Waals surface area contributed by atoms with Crippen LogP contribution in [0.15, 0.2) is 35.9 Å². The SMILES string of the molecule is CCCN(Cc1cccc(Cl)c1)C(=O)CC1=CCNCC1. The van der Waals surface area contributed by atoms with Gasteiger partial charge < -0.3 is 10.2 Å². The van der Waals surface area contributed by atoms with E-state index in [1.165, 1.54) is 5.57 Å². The van der Waals surface area contributed by atoms with Gasteiger partial charge in [-0.1, -0.05) is 42.3 Å². The number of halogens is 1. The molecule has 0 radical (unpaired) electrons. The Morgan fingerprint density at radius 1 is 1.43 bits per heavy atom. The summed E-state index contributed by atoms with van der Waals surface area (Å²) in [4.78, 5) is 14.5. The van der Waals surface area contributed by atoms with Crippen molar-refractivity contribution in [2.24, 2.45) is 0 Å². The van der Waals surface area contributed by atoms with E-state index in [-0.39, 0.29) is 5.91 Å². The van der Waals surface area contributed by atoms with Gasteiger partial charge in [0.25, 0.3) is 0 Å². The second-order valence-electron chi connectivity index (χ2n) is 5.44. The average Bonchev–Trinajstić information content (AvgIpc) is 2.48. The molecule has 114 valence electrons. The molecule has 21 heavy (non-hydrogen) atoms. The Morgan fingerprint density at radius 3 is 2.95 bits per heavy atom.